The van der Waals surface area contributed by atoms with Crippen molar-refractivity contribution in [3.05, 3.63) is 70.0 Å². The van der Waals surface area contributed by atoms with E-state index < -0.39 is 30.8 Å². The van der Waals surface area contributed by atoms with E-state index in [9.17, 15) is 13.2 Å². The number of sulfone groups is 1. The summed E-state index contributed by atoms with van der Waals surface area (Å²) in [6.45, 7) is 1.88. The Kier molecular flexibility index (Phi) is 5.77. The SMILES string of the molecule is COC(=O)/C(=C\S(=O)(=O)c1ccc(C)cc1)[Se]c1ccccc1. The van der Waals surface area contributed by atoms with Crippen LogP contribution in [0.4, 0.5) is 0 Å². The maximum atomic E-state index is 12.5. The van der Waals surface area contributed by atoms with Gasteiger partial charge in [-0.1, -0.05) is 0 Å². The average Bonchev–Trinajstić information content (AvgIpc) is 2.54. The summed E-state index contributed by atoms with van der Waals surface area (Å²) >= 11 is -0.452. The zero-order valence-corrected chi connectivity index (χ0v) is 15.3. The first kappa shape index (κ1) is 17.5. The summed E-state index contributed by atoms with van der Waals surface area (Å²) in [7, 11) is -2.45. The number of esters is 1. The van der Waals surface area contributed by atoms with Gasteiger partial charge in [-0.3, -0.25) is 0 Å². The Morgan fingerprint density at radius 3 is 2.22 bits per heavy atom. The second-order valence-electron chi connectivity index (χ2n) is 4.75. The van der Waals surface area contributed by atoms with E-state index in [4.69, 9.17) is 4.74 Å². The fourth-order valence-corrected chi connectivity index (χ4v) is 5.44. The van der Waals surface area contributed by atoms with Gasteiger partial charge < -0.3 is 0 Å². The molecule has 2 aromatic rings. The molecule has 0 heterocycles. The van der Waals surface area contributed by atoms with E-state index in [2.05, 4.69) is 0 Å². The van der Waals surface area contributed by atoms with Gasteiger partial charge in [0.05, 0.1) is 0 Å². The van der Waals surface area contributed by atoms with E-state index in [1.807, 2.05) is 37.3 Å². The van der Waals surface area contributed by atoms with Crippen LogP contribution in [-0.4, -0.2) is 36.5 Å². The number of rotatable bonds is 5. The minimum absolute atomic E-state index is 0.159. The van der Waals surface area contributed by atoms with E-state index in [1.165, 1.54) is 19.2 Å². The first-order chi connectivity index (χ1) is 10.9. The van der Waals surface area contributed by atoms with Crippen LogP contribution in [0.5, 0.6) is 0 Å². The van der Waals surface area contributed by atoms with Crippen molar-refractivity contribution in [3.8, 4) is 0 Å². The molecule has 0 aromatic heterocycles. The van der Waals surface area contributed by atoms with Gasteiger partial charge in [-0.05, 0) is 0 Å². The van der Waals surface area contributed by atoms with Crippen molar-refractivity contribution in [2.24, 2.45) is 0 Å². The van der Waals surface area contributed by atoms with Crippen LogP contribution in [0.2, 0.25) is 0 Å². The van der Waals surface area contributed by atoms with Gasteiger partial charge in [0.1, 0.15) is 0 Å². The second-order valence-corrected chi connectivity index (χ2v) is 8.88. The Labute approximate surface area is 142 Å². The summed E-state index contributed by atoms with van der Waals surface area (Å²) in [5.74, 6) is -0.621. The quantitative estimate of drug-likeness (QED) is 0.440. The number of hydrogen-bond donors (Lipinski definition) is 0. The third kappa shape index (κ3) is 4.79. The van der Waals surface area contributed by atoms with Crippen molar-refractivity contribution < 1.29 is 17.9 Å². The number of hydrogen-bond acceptors (Lipinski definition) is 4. The number of ether oxygens (including phenoxy) is 1. The molecule has 2 aromatic carbocycles. The zero-order chi connectivity index (χ0) is 16.9. The molecule has 0 unspecified atom stereocenters. The van der Waals surface area contributed by atoms with Gasteiger partial charge in [0.15, 0.2) is 0 Å². The molecule has 0 bridgehead atoms. The molecule has 0 aliphatic heterocycles. The molecular formula is C17H16O4SSe. The summed E-state index contributed by atoms with van der Waals surface area (Å²) in [5.41, 5.74) is 0.967. The molecule has 0 N–H and O–H groups in total. The van der Waals surface area contributed by atoms with Gasteiger partial charge in [0.2, 0.25) is 0 Å². The summed E-state index contributed by atoms with van der Waals surface area (Å²) in [6, 6.07) is 15.8. The van der Waals surface area contributed by atoms with Crippen LogP contribution in [0, 0.1) is 6.92 Å². The predicted molar refractivity (Wildman–Crippen MR) is 90.3 cm³/mol. The molecule has 0 saturated carbocycles. The molecule has 0 aliphatic carbocycles. The fourth-order valence-electron chi connectivity index (χ4n) is 1.77. The van der Waals surface area contributed by atoms with Crippen LogP contribution in [-0.2, 0) is 19.4 Å². The van der Waals surface area contributed by atoms with Crippen LogP contribution in [0.3, 0.4) is 0 Å². The molecule has 0 fully saturated rings. The molecular weight excluding hydrogens is 379 g/mol. The van der Waals surface area contributed by atoms with E-state index >= 15 is 0 Å². The van der Waals surface area contributed by atoms with Crippen molar-refractivity contribution in [1.82, 2.24) is 0 Å². The Morgan fingerprint density at radius 1 is 1.04 bits per heavy atom. The van der Waals surface area contributed by atoms with Gasteiger partial charge in [-0.2, -0.15) is 0 Å². The standard InChI is InChI=1S/C17H16O4SSe/c1-13-8-10-14(11-9-13)22(19,20)12-16(17(18)21-2)23-15-6-4-3-5-7-15/h3-12H,1-2H3/b16-12+. The monoisotopic (exact) mass is 396 g/mol. The maximum absolute atomic E-state index is 12.5. The van der Waals surface area contributed by atoms with Crippen LogP contribution in [0.25, 0.3) is 0 Å². The summed E-state index contributed by atoms with van der Waals surface area (Å²) in [6.07, 6.45) is 0. The number of benzene rings is 2. The van der Waals surface area contributed by atoms with E-state index in [-0.39, 0.29) is 9.37 Å². The van der Waals surface area contributed by atoms with Crippen molar-refractivity contribution in [1.29, 1.82) is 0 Å². The summed E-state index contributed by atoms with van der Waals surface area (Å²) in [4.78, 5) is 12.1. The number of carbonyl (C=O) groups excluding carboxylic acids is 1. The van der Waals surface area contributed by atoms with Gasteiger partial charge in [-0.25, -0.2) is 0 Å². The number of methoxy groups -OCH3 is 1. The molecule has 6 heteroatoms. The van der Waals surface area contributed by atoms with Gasteiger partial charge in [0.25, 0.3) is 0 Å². The van der Waals surface area contributed by atoms with Crippen molar-refractivity contribution in [2.75, 3.05) is 7.11 Å². The zero-order valence-electron chi connectivity index (χ0n) is 12.7. The minimum atomic E-state index is -3.70. The molecule has 0 saturated heterocycles. The second kappa shape index (κ2) is 7.59. The Balaban J connectivity index is 2.39. The molecule has 120 valence electrons. The summed E-state index contributed by atoms with van der Waals surface area (Å²) < 4.78 is 30.8. The van der Waals surface area contributed by atoms with Gasteiger partial charge >= 0.3 is 142 Å². The van der Waals surface area contributed by atoms with Crippen molar-refractivity contribution >= 4 is 35.2 Å². The van der Waals surface area contributed by atoms with E-state index in [1.54, 1.807) is 12.1 Å². The molecule has 0 atom stereocenters. The molecule has 23 heavy (non-hydrogen) atoms. The molecule has 0 radical (unpaired) electrons. The third-order valence-corrected chi connectivity index (χ3v) is 6.91. The van der Waals surface area contributed by atoms with E-state index in [0.717, 1.165) is 15.4 Å². The average molecular weight is 395 g/mol. The van der Waals surface area contributed by atoms with Crippen LogP contribution >= 0.6 is 0 Å². The molecule has 4 nitrogen and oxygen atoms in total. The Morgan fingerprint density at radius 2 is 1.65 bits per heavy atom. The number of aryl methyl sites for hydroxylation is 1. The molecule has 2 rings (SSSR count). The van der Waals surface area contributed by atoms with Crippen LogP contribution in [0.15, 0.2) is 69.4 Å². The predicted octanol–water partition coefficient (Wildman–Crippen LogP) is 1.81. The molecule has 0 spiro atoms. The number of carbonyl (C=O) groups is 1. The fraction of sp³-hybridized carbons (Fsp3) is 0.118. The normalized spacial score (nSPS) is 12.0. The van der Waals surface area contributed by atoms with Crippen molar-refractivity contribution in [3.63, 3.8) is 0 Å². The van der Waals surface area contributed by atoms with Crippen molar-refractivity contribution in [2.45, 2.75) is 11.8 Å². The first-order valence-corrected chi connectivity index (χ1v) is 10.0. The van der Waals surface area contributed by atoms with E-state index in [0.29, 0.717) is 0 Å². The topological polar surface area (TPSA) is 60.4 Å². The van der Waals surface area contributed by atoms with Crippen LogP contribution in [0.1, 0.15) is 5.56 Å². The van der Waals surface area contributed by atoms with Crippen LogP contribution < -0.4 is 4.46 Å². The molecule has 0 amide bonds. The Hall–Kier alpha value is -1.88. The Bertz CT molecular complexity index is 809. The summed E-state index contributed by atoms with van der Waals surface area (Å²) in [5, 5.41) is 1.02. The van der Waals surface area contributed by atoms with Gasteiger partial charge in [0, 0.05) is 0 Å². The first-order valence-electron chi connectivity index (χ1n) is 6.77. The van der Waals surface area contributed by atoms with Gasteiger partial charge in [-0.15, -0.1) is 0 Å². The third-order valence-electron chi connectivity index (χ3n) is 2.97. The molecule has 0 aliphatic rings.